The minimum Gasteiger partial charge on any atom is -0.469 e. The maximum absolute atomic E-state index is 10.9. The second kappa shape index (κ2) is 17.6. The molecule has 124 valence electrons. The van der Waals surface area contributed by atoms with Gasteiger partial charge in [-0.2, -0.15) is 11.8 Å². The molecule has 0 aromatic rings. The van der Waals surface area contributed by atoms with Crippen LogP contribution in [-0.2, 0) is 9.53 Å². The summed E-state index contributed by atoms with van der Waals surface area (Å²) in [5.41, 5.74) is 0. The molecule has 21 heavy (non-hydrogen) atoms. The van der Waals surface area contributed by atoms with Gasteiger partial charge in [0, 0.05) is 12.2 Å². The van der Waals surface area contributed by atoms with Crippen LogP contribution < -0.4 is 0 Å². The van der Waals surface area contributed by atoms with Crippen molar-refractivity contribution in [2.75, 3.05) is 18.6 Å². The van der Waals surface area contributed by atoms with E-state index >= 15 is 0 Å². The van der Waals surface area contributed by atoms with Crippen molar-refractivity contribution < 1.29 is 9.53 Å². The molecule has 0 heterocycles. The number of thioether (sulfide) groups is 1. The van der Waals surface area contributed by atoms with E-state index in [0.717, 1.165) is 18.6 Å². The van der Waals surface area contributed by atoms with E-state index in [9.17, 15) is 4.79 Å². The number of carbonyl (C=O) groups excluding carboxylic acids is 1. The van der Waals surface area contributed by atoms with Gasteiger partial charge < -0.3 is 4.74 Å². The number of rotatable bonds is 15. The van der Waals surface area contributed by atoms with Crippen LogP contribution in [0.4, 0.5) is 0 Å². The summed E-state index contributed by atoms with van der Waals surface area (Å²) in [4.78, 5) is 10.9. The molecule has 0 N–H and O–H groups in total. The van der Waals surface area contributed by atoms with E-state index in [4.69, 9.17) is 0 Å². The van der Waals surface area contributed by atoms with E-state index in [1.807, 2.05) is 11.8 Å². The molecule has 0 saturated carbocycles. The predicted molar refractivity (Wildman–Crippen MR) is 94.9 cm³/mol. The highest BCUT2D eigenvalue weighted by atomic mass is 32.2. The van der Waals surface area contributed by atoms with E-state index in [2.05, 4.69) is 23.8 Å². The quantitative estimate of drug-likeness (QED) is 0.218. The van der Waals surface area contributed by atoms with E-state index in [1.54, 1.807) is 0 Å². The molecule has 0 aromatic carbocycles. The third-order valence-electron chi connectivity index (χ3n) is 3.50. The highest BCUT2D eigenvalue weighted by Gasteiger charge is 1.98. The summed E-state index contributed by atoms with van der Waals surface area (Å²) >= 11 is 1.99. The van der Waals surface area contributed by atoms with Crippen LogP contribution in [0.15, 0.2) is 12.2 Å². The van der Waals surface area contributed by atoms with Crippen molar-refractivity contribution in [3.8, 4) is 0 Å². The minimum atomic E-state index is -0.0831. The SMILES string of the molecule is CCCCCCCC/C=C\CSCCCCCC(=O)OC. The van der Waals surface area contributed by atoms with Crippen molar-refractivity contribution in [1.29, 1.82) is 0 Å². The zero-order valence-corrected chi connectivity index (χ0v) is 14.9. The number of unbranched alkanes of at least 4 members (excludes halogenated alkanes) is 8. The maximum Gasteiger partial charge on any atom is 0.305 e. The highest BCUT2D eigenvalue weighted by molar-refractivity contribution is 7.99. The second-order valence-electron chi connectivity index (χ2n) is 5.49. The lowest BCUT2D eigenvalue weighted by atomic mass is 10.1. The fourth-order valence-electron chi connectivity index (χ4n) is 2.13. The largest absolute Gasteiger partial charge is 0.469 e. The standard InChI is InChI=1S/C18H34O2S/c1-3-4-5-6-7-8-9-10-13-16-21-17-14-11-12-15-18(19)20-2/h10,13H,3-9,11-12,14-17H2,1-2H3/b13-10-. The van der Waals surface area contributed by atoms with Gasteiger partial charge in [-0.25, -0.2) is 0 Å². The Morgan fingerprint density at radius 1 is 0.952 bits per heavy atom. The Hall–Kier alpha value is -0.440. The first-order chi connectivity index (χ1) is 10.3. The molecule has 0 amide bonds. The monoisotopic (exact) mass is 314 g/mol. The lowest BCUT2D eigenvalue weighted by Crippen LogP contribution is -1.99. The molecular formula is C18H34O2S. The molecule has 0 fully saturated rings. The average molecular weight is 315 g/mol. The zero-order chi connectivity index (χ0) is 15.6. The maximum atomic E-state index is 10.9. The van der Waals surface area contributed by atoms with Gasteiger partial charge in [-0.1, -0.05) is 57.6 Å². The van der Waals surface area contributed by atoms with Gasteiger partial charge in [0.1, 0.15) is 0 Å². The van der Waals surface area contributed by atoms with Crippen molar-refractivity contribution in [1.82, 2.24) is 0 Å². The summed E-state index contributed by atoms with van der Waals surface area (Å²) in [5, 5.41) is 0. The molecule has 0 radical (unpaired) electrons. The Morgan fingerprint density at radius 3 is 2.43 bits per heavy atom. The second-order valence-corrected chi connectivity index (χ2v) is 6.64. The molecule has 0 aliphatic rings. The molecule has 0 aliphatic heterocycles. The fourth-order valence-corrected chi connectivity index (χ4v) is 2.98. The number of allylic oxidation sites excluding steroid dienone is 1. The zero-order valence-electron chi connectivity index (χ0n) is 14.1. The van der Waals surface area contributed by atoms with Gasteiger partial charge in [0.05, 0.1) is 7.11 Å². The summed E-state index contributed by atoms with van der Waals surface area (Å²) in [6, 6.07) is 0. The summed E-state index contributed by atoms with van der Waals surface area (Å²) < 4.78 is 4.62. The van der Waals surface area contributed by atoms with Crippen molar-refractivity contribution in [3.05, 3.63) is 12.2 Å². The number of hydrogen-bond acceptors (Lipinski definition) is 3. The first-order valence-corrected chi connectivity index (χ1v) is 9.76. The van der Waals surface area contributed by atoms with Gasteiger partial charge in [0.2, 0.25) is 0 Å². The molecule has 0 rings (SSSR count). The van der Waals surface area contributed by atoms with Gasteiger partial charge in [0.15, 0.2) is 0 Å². The van der Waals surface area contributed by atoms with E-state index in [0.29, 0.717) is 6.42 Å². The lowest BCUT2D eigenvalue weighted by molar-refractivity contribution is -0.140. The molecule has 0 bridgehead atoms. The topological polar surface area (TPSA) is 26.3 Å². The number of ether oxygens (including phenoxy) is 1. The lowest BCUT2D eigenvalue weighted by Gasteiger charge is -2.00. The minimum absolute atomic E-state index is 0.0831. The van der Waals surface area contributed by atoms with Crippen molar-refractivity contribution in [2.24, 2.45) is 0 Å². The van der Waals surface area contributed by atoms with Crippen LogP contribution in [0.3, 0.4) is 0 Å². The van der Waals surface area contributed by atoms with Crippen LogP contribution in [0.5, 0.6) is 0 Å². The van der Waals surface area contributed by atoms with Crippen LogP contribution in [-0.4, -0.2) is 24.6 Å². The van der Waals surface area contributed by atoms with Crippen molar-refractivity contribution in [3.63, 3.8) is 0 Å². The van der Waals surface area contributed by atoms with Crippen LogP contribution in [0.1, 0.15) is 77.6 Å². The summed E-state index contributed by atoms with van der Waals surface area (Å²) in [7, 11) is 1.45. The summed E-state index contributed by atoms with van der Waals surface area (Å²) in [6.07, 6.45) is 18.0. The molecule has 0 atom stereocenters. The van der Waals surface area contributed by atoms with E-state index in [1.165, 1.54) is 64.2 Å². The number of carbonyl (C=O) groups is 1. The predicted octanol–water partition coefficient (Wildman–Crippen LogP) is 5.76. The third kappa shape index (κ3) is 17.5. The van der Waals surface area contributed by atoms with Crippen molar-refractivity contribution in [2.45, 2.75) is 77.6 Å². The van der Waals surface area contributed by atoms with Gasteiger partial charge in [-0.05, 0) is 31.4 Å². The molecule has 2 nitrogen and oxygen atoms in total. The molecule has 0 spiro atoms. The molecule has 0 unspecified atom stereocenters. The Labute approximate surface area is 136 Å². The fraction of sp³-hybridized carbons (Fsp3) is 0.833. The van der Waals surface area contributed by atoms with Crippen molar-refractivity contribution >= 4 is 17.7 Å². The number of esters is 1. The number of hydrogen-bond donors (Lipinski definition) is 0. The molecule has 3 heteroatoms. The third-order valence-corrected chi connectivity index (χ3v) is 4.51. The normalized spacial score (nSPS) is 11.1. The van der Waals surface area contributed by atoms with Gasteiger partial charge in [-0.15, -0.1) is 0 Å². The Bertz CT molecular complexity index is 252. The van der Waals surface area contributed by atoms with E-state index in [-0.39, 0.29) is 5.97 Å². The van der Waals surface area contributed by atoms with Crippen LogP contribution in [0.2, 0.25) is 0 Å². The van der Waals surface area contributed by atoms with Gasteiger partial charge in [-0.3, -0.25) is 4.79 Å². The van der Waals surface area contributed by atoms with Crippen LogP contribution >= 0.6 is 11.8 Å². The summed E-state index contributed by atoms with van der Waals surface area (Å²) in [5.74, 6) is 2.25. The van der Waals surface area contributed by atoms with E-state index < -0.39 is 0 Å². The Kier molecular flexibility index (Phi) is 17.2. The molecular weight excluding hydrogens is 280 g/mol. The van der Waals surface area contributed by atoms with Crippen LogP contribution in [0.25, 0.3) is 0 Å². The van der Waals surface area contributed by atoms with Crippen LogP contribution in [0, 0.1) is 0 Å². The molecule has 0 aliphatic carbocycles. The molecule has 0 saturated heterocycles. The Balaban J connectivity index is 3.10. The smallest absolute Gasteiger partial charge is 0.305 e. The average Bonchev–Trinajstić information content (AvgIpc) is 2.50. The molecule has 0 aromatic heterocycles. The summed E-state index contributed by atoms with van der Waals surface area (Å²) in [6.45, 7) is 2.26. The first kappa shape index (κ1) is 20.6. The number of methoxy groups -OCH3 is 1. The van der Waals surface area contributed by atoms with Gasteiger partial charge >= 0.3 is 5.97 Å². The Morgan fingerprint density at radius 2 is 1.67 bits per heavy atom. The highest BCUT2D eigenvalue weighted by Crippen LogP contribution is 2.10. The first-order valence-electron chi connectivity index (χ1n) is 8.60. The van der Waals surface area contributed by atoms with Gasteiger partial charge in [0.25, 0.3) is 0 Å².